The maximum absolute atomic E-state index is 8.99. The van der Waals surface area contributed by atoms with Gasteiger partial charge in [-0.25, -0.2) is 4.98 Å². The lowest BCUT2D eigenvalue weighted by Crippen LogP contribution is -2.30. The Kier molecular flexibility index (Phi) is 5.65. The van der Waals surface area contributed by atoms with E-state index < -0.39 is 0 Å². The third kappa shape index (κ3) is 3.70. The van der Waals surface area contributed by atoms with Gasteiger partial charge >= 0.3 is 0 Å². The molecule has 0 aliphatic rings. The predicted molar refractivity (Wildman–Crippen MR) is 65.2 cm³/mol. The summed E-state index contributed by atoms with van der Waals surface area (Å²) in [5.41, 5.74) is 0. The van der Waals surface area contributed by atoms with E-state index in [1.807, 2.05) is 4.90 Å². The van der Waals surface area contributed by atoms with E-state index in [1.165, 1.54) is 11.5 Å². The molecule has 1 heterocycles. The first-order valence-electron chi connectivity index (χ1n) is 5.37. The maximum atomic E-state index is 8.99. The molecule has 5 nitrogen and oxygen atoms in total. The fraction of sp³-hybridized carbons (Fsp3) is 0.800. The molecule has 0 aliphatic heterocycles. The van der Waals surface area contributed by atoms with Crippen LogP contribution in [-0.2, 0) is 4.74 Å². The second kappa shape index (κ2) is 6.78. The molecule has 0 aliphatic carbocycles. The minimum Gasteiger partial charge on any atom is -0.395 e. The van der Waals surface area contributed by atoms with Crippen molar-refractivity contribution in [2.75, 3.05) is 38.3 Å². The van der Waals surface area contributed by atoms with Gasteiger partial charge < -0.3 is 14.7 Å². The molecule has 92 valence electrons. The number of nitrogens with zero attached hydrogens (tertiary/aromatic N) is 3. The van der Waals surface area contributed by atoms with Crippen LogP contribution in [0, 0.1) is 0 Å². The summed E-state index contributed by atoms with van der Waals surface area (Å²) in [7, 11) is 1.66. The first kappa shape index (κ1) is 13.3. The molecule has 0 fully saturated rings. The summed E-state index contributed by atoms with van der Waals surface area (Å²) in [5, 5.41) is 9.84. The second-order valence-electron chi connectivity index (χ2n) is 3.79. The van der Waals surface area contributed by atoms with Crippen molar-refractivity contribution in [1.29, 1.82) is 0 Å². The molecule has 0 atom stereocenters. The number of ether oxygens (including phenoxy) is 1. The number of anilines is 1. The lowest BCUT2D eigenvalue weighted by Gasteiger charge is -2.19. The van der Waals surface area contributed by atoms with Gasteiger partial charge in [0.25, 0.3) is 0 Å². The molecule has 0 saturated carbocycles. The number of hydrogen-bond donors (Lipinski definition) is 1. The first-order chi connectivity index (χ1) is 7.69. The molecule has 1 N–H and O–H groups in total. The van der Waals surface area contributed by atoms with Gasteiger partial charge in [0.2, 0.25) is 5.13 Å². The molecule has 0 saturated heterocycles. The lowest BCUT2D eigenvalue weighted by molar-refractivity contribution is 0.203. The van der Waals surface area contributed by atoms with Gasteiger partial charge in [-0.2, -0.15) is 4.37 Å². The highest BCUT2D eigenvalue weighted by Crippen LogP contribution is 2.20. The SMILES string of the molecule is COCCN(CCO)c1nc(C(C)C)ns1. The van der Waals surface area contributed by atoms with Crippen molar-refractivity contribution in [2.24, 2.45) is 0 Å². The average molecular weight is 245 g/mol. The summed E-state index contributed by atoms with van der Waals surface area (Å²) in [6.07, 6.45) is 0. The summed E-state index contributed by atoms with van der Waals surface area (Å²) in [6, 6.07) is 0. The smallest absolute Gasteiger partial charge is 0.205 e. The van der Waals surface area contributed by atoms with Crippen molar-refractivity contribution in [2.45, 2.75) is 19.8 Å². The summed E-state index contributed by atoms with van der Waals surface area (Å²) < 4.78 is 9.32. The predicted octanol–water partition coefficient (Wildman–Crippen LogP) is 1.11. The van der Waals surface area contributed by atoms with Crippen LogP contribution in [0.15, 0.2) is 0 Å². The minimum atomic E-state index is 0.111. The van der Waals surface area contributed by atoms with Gasteiger partial charge in [-0.15, -0.1) is 0 Å². The fourth-order valence-electron chi connectivity index (χ4n) is 1.21. The van der Waals surface area contributed by atoms with Gasteiger partial charge in [0.15, 0.2) is 0 Å². The molecule has 0 unspecified atom stereocenters. The summed E-state index contributed by atoms with van der Waals surface area (Å²) >= 11 is 1.37. The number of aliphatic hydroxyl groups is 1. The molecule has 16 heavy (non-hydrogen) atoms. The van der Waals surface area contributed by atoms with Crippen molar-refractivity contribution in [3.8, 4) is 0 Å². The van der Waals surface area contributed by atoms with Crippen LogP contribution in [0.25, 0.3) is 0 Å². The molecule has 1 aromatic rings. The second-order valence-corrected chi connectivity index (χ2v) is 4.52. The largest absolute Gasteiger partial charge is 0.395 e. The monoisotopic (exact) mass is 245 g/mol. The summed E-state index contributed by atoms with van der Waals surface area (Å²) in [6.45, 7) is 6.16. The van der Waals surface area contributed by atoms with E-state index in [-0.39, 0.29) is 6.61 Å². The van der Waals surface area contributed by atoms with Crippen LogP contribution in [0.5, 0.6) is 0 Å². The fourth-order valence-corrected chi connectivity index (χ4v) is 2.07. The average Bonchev–Trinajstić information content (AvgIpc) is 2.73. The van der Waals surface area contributed by atoms with Gasteiger partial charge in [0.05, 0.1) is 13.2 Å². The highest BCUT2D eigenvalue weighted by Gasteiger charge is 2.13. The zero-order chi connectivity index (χ0) is 12.0. The van der Waals surface area contributed by atoms with E-state index in [2.05, 4.69) is 23.2 Å². The van der Waals surface area contributed by atoms with E-state index in [0.29, 0.717) is 19.1 Å². The molecular formula is C10H19N3O2S. The Hall–Kier alpha value is -0.720. The Morgan fingerprint density at radius 1 is 1.44 bits per heavy atom. The van der Waals surface area contributed by atoms with Crippen LogP contribution >= 0.6 is 11.5 Å². The zero-order valence-electron chi connectivity index (χ0n) is 10.0. The van der Waals surface area contributed by atoms with Crippen molar-refractivity contribution >= 4 is 16.7 Å². The molecule has 0 amide bonds. The highest BCUT2D eigenvalue weighted by atomic mass is 32.1. The number of hydrogen-bond acceptors (Lipinski definition) is 6. The topological polar surface area (TPSA) is 58.5 Å². The van der Waals surface area contributed by atoms with E-state index in [4.69, 9.17) is 9.84 Å². The summed E-state index contributed by atoms with van der Waals surface area (Å²) in [5.74, 6) is 1.20. The molecule has 6 heteroatoms. The van der Waals surface area contributed by atoms with Crippen LogP contribution in [0.3, 0.4) is 0 Å². The van der Waals surface area contributed by atoms with Gasteiger partial charge in [0, 0.05) is 37.6 Å². The van der Waals surface area contributed by atoms with E-state index >= 15 is 0 Å². The summed E-state index contributed by atoms with van der Waals surface area (Å²) in [4.78, 5) is 6.44. The van der Waals surface area contributed by atoms with Gasteiger partial charge in [0.1, 0.15) is 5.82 Å². The Morgan fingerprint density at radius 3 is 2.69 bits per heavy atom. The van der Waals surface area contributed by atoms with Crippen LogP contribution in [0.2, 0.25) is 0 Å². The Labute approximate surface area is 100 Å². The number of rotatable bonds is 7. The molecule has 1 aromatic heterocycles. The third-order valence-corrected chi connectivity index (χ3v) is 2.94. The highest BCUT2D eigenvalue weighted by molar-refractivity contribution is 7.09. The van der Waals surface area contributed by atoms with Crippen LogP contribution in [0.1, 0.15) is 25.6 Å². The van der Waals surface area contributed by atoms with E-state index in [0.717, 1.165) is 17.5 Å². The lowest BCUT2D eigenvalue weighted by atomic mass is 10.2. The molecule has 0 radical (unpaired) electrons. The van der Waals surface area contributed by atoms with Crippen molar-refractivity contribution in [3.63, 3.8) is 0 Å². The van der Waals surface area contributed by atoms with Gasteiger partial charge in [-0.1, -0.05) is 13.8 Å². The standard InChI is InChI=1S/C10H19N3O2S/c1-8(2)9-11-10(16-12-9)13(4-6-14)5-7-15-3/h8,14H,4-7H2,1-3H3. The zero-order valence-corrected chi connectivity index (χ0v) is 10.8. The maximum Gasteiger partial charge on any atom is 0.205 e. The van der Waals surface area contributed by atoms with Crippen molar-refractivity contribution in [3.05, 3.63) is 5.82 Å². The molecule has 0 bridgehead atoms. The van der Waals surface area contributed by atoms with Gasteiger partial charge in [-0.05, 0) is 0 Å². The Morgan fingerprint density at radius 2 is 2.19 bits per heavy atom. The minimum absolute atomic E-state index is 0.111. The third-order valence-electron chi connectivity index (χ3n) is 2.15. The number of aliphatic hydroxyl groups excluding tert-OH is 1. The van der Waals surface area contributed by atoms with Crippen LogP contribution in [-0.4, -0.2) is 47.9 Å². The van der Waals surface area contributed by atoms with Crippen LogP contribution in [0.4, 0.5) is 5.13 Å². The Balaban J connectivity index is 2.67. The number of aromatic nitrogens is 2. The quantitative estimate of drug-likeness (QED) is 0.779. The molecular weight excluding hydrogens is 226 g/mol. The van der Waals surface area contributed by atoms with Crippen LogP contribution < -0.4 is 4.90 Å². The van der Waals surface area contributed by atoms with Crippen molar-refractivity contribution < 1.29 is 9.84 Å². The molecule has 1 rings (SSSR count). The normalized spacial score (nSPS) is 11.1. The van der Waals surface area contributed by atoms with Crippen molar-refractivity contribution in [1.82, 2.24) is 9.36 Å². The molecule has 0 spiro atoms. The van der Waals surface area contributed by atoms with E-state index in [9.17, 15) is 0 Å². The van der Waals surface area contributed by atoms with E-state index in [1.54, 1.807) is 7.11 Å². The molecule has 0 aromatic carbocycles. The Bertz CT molecular complexity index is 304. The van der Waals surface area contributed by atoms with Gasteiger partial charge in [-0.3, -0.25) is 0 Å². The first-order valence-corrected chi connectivity index (χ1v) is 6.14. The number of methoxy groups -OCH3 is 1.